The lowest BCUT2D eigenvalue weighted by atomic mass is 9.94. The predicted octanol–water partition coefficient (Wildman–Crippen LogP) is 6.40. The van der Waals surface area contributed by atoms with Crippen LogP contribution in [0, 0.1) is 0 Å². The topological polar surface area (TPSA) is 20.2 Å². The SMILES string of the molecule is CCCCc1cc(CCCC)c(O)c(-c2ccc(Cl)cc2)c1. The number of aromatic hydroxyl groups is 1. The van der Waals surface area contributed by atoms with Crippen LogP contribution < -0.4 is 0 Å². The molecule has 0 aliphatic heterocycles. The average Bonchev–Trinajstić information content (AvgIpc) is 2.53. The van der Waals surface area contributed by atoms with Gasteiger partial charge < -0.3 is 5.11 Å². The number of hydrogen-bond acceptors (Lipinski definition) is 1. The van der Waals surface area contributed by atoms with Crippen molar-refractivity contribution in [3.63, 3.8) is 0 Å². The Morgan fingerprint density at radius 3 is 2.18 bits per heavy atom. The number of unbranched alkanes of at least 4 members (excludes halogenated alkanes) is 2. The molecule has 0 unspecified atom stereocenters. The van der Waals surface area contributed by atoms with E-state index in [1.54, 1.807) is 0 Å². The summed E-state index contributed by atoms with van der Waals surface area (Å²) in [4.78, 5) is 0. The molecule has 118 valence electrons. The average molecular weight is 317 g/mol. The van der Waals surface area contributed by atoms with Gasteiger partial charge in [0.05, 0.1) is 0 Å². The number of halogens is 1. The summed E-state index contributed by atoms with van der Waals surface area (Å²) in [5.74, 6) is 0.427. The van der Waals surface area contributed by atoms with E-state index in [2.05, 4.69) is 26.0 Å². The van der Waals surface area contributed by atoms with Crippen molar-refractivity contribution in [1.82, 2.24) is 0 Å². The zero-order valence-corrected chi connectivity index (χ0v) is 14.3. The highest BCUT2D eigenvalue weighted by Gasteiger charge is 2.11. The summed E-state index contributed by atoms with van der Waals surface area (Å²) in [5, 5.41) is 11.4. The van der Waals surface area contributed by atoms with E-state index in [1.807, 2.05) is 24.3 Å². The number of aryl methyl sites for hydroxylation is 2. The fourth-order valence-electron chi connectivity index (χ4n) is 2.69. The first kappa shape index (κ1) is 16.9. The highest BCUT2D eigenvalue weighted by atomic mass is 35.5. The first-order valence-electron chi connectivity index (χ1n) is 8.26. The molecule has 1 N–H and O–H groups in total. The Labute approximate surface area is 139 Å². The smallest absolute Gasteiger partial charge is 0.126 e. The van der Waals surface area contributed by atoms with Crippen molar-refractivity contribution in [2.24, 2.45) is 0 Å². The van der Waals surface area contributed by atoms with Gasteiger partial charge in [-0.15, -0.1) is 0 Å². The lowest BCUT2D eigenvalue weighted by molar-refractivity contribution is 0.468. The van der Waals surface area contributed by atoms with Gasteiger partial charge in [0.25, 0.3) is 0 Å². The van der Waals surface area contributed by atoms with Crippen LogP contribution in [0.3, 0.4) is 0 Å². The second-order valence-corrected chi connectivity index (χ2v) is 6.30. The van der Waals surface area contributed by atoms with E-state index in [9.17, 15) is 5.11 Å². The Bertz CT molecular complexity index is 602. The van der Waals surface area contributed by atoms with Gasteiger partial charge in [-0.25, -0.2) is 0 Å². The van der Waals surface area contributed by atoms with Crippen LogP contribution in [-0.2, 0) is 12.8 Å². The Morgan fingerprint density at radius 1 is 0.909 bits per heavy atom. The number of hydrogen-bond donors (Lipinski definition) is 1. The van der Waals surface area contributed by atoms with Crippen LogP contribution >= 0.6 is 11.6 Å². The van der Waals surface area contributed by atoms with E-state index >= 15 is 0 Å². The zero-order valence-electron chi connectivity index (χ0n) is 13.5. The molecular weight excluding hydrogens is 292 g/mol. The molecule has 0 atom stereocenters. The van der Waals surface area contributed by atoms with Crippen LogP contribution in [0.15, 0.2) is 36.4 Å². The van der Waals surface area contributed by atoms with Crippen LogP contribution in [0.2, 0.25) is 5.02 Å². The van der Waals surface area contributed by atoms with E-state index in [1.165, 1.54) is 18.4 Å². The van der Waals surface area contributed by atoms with Crippen molar-refractivity contribution in [2.75, 3.05) is 0 Å². The molecule has 0 spiro atoms. The van der Waals surface area contributed by atoms with Gasteiger partial charge in [0.1, 0.15) is 5.75 Å². The van der Waals surface area contributed by atoms with E-state index in [0.717, 1.165) is 47.4 Å². The van der Waals surface area contributed by atoms with E-state index in [4.69, 9.17) is 11.6 Å². The van der Waals surface area contributed by atoms with Gasteiger partial charge in [0, 0.05) is 10.6 Å². The summed E-state index contributed by atoms with van der Waals surface area (Å²) in [7, 11) is 0. The van der Waals surface area contributed by atoms with Crippen molar-refractivity contribution in [2.45, 2.75) is 52.4 Å². The summed E-state index contributed by atoms with van der Waals surface area (Å²) in [6, 6.07) is 12.0. The van der Waals surface area contributed by atoms with Gasteiger partial charge in [-0.05, 0) is 60.6 Å². The second-order valence-electron chi connectivity index (χ2n) is 5.87. The molecule has 1 nitrogen and oxygen atoms in total. The van der Waals surface area contributed by atoms with E-state index < -0.39 is 0 Å². The third-order valence-electron chi connectivity index (χ3n) is 4.02. The molecular formula is C20H25ClO. The second kappa shape index (κ2) is 8.24. The zero-order chi connectivity index (χ0) is 15.9. The van der Waals surface area contributed by atoms with E-state index in [0.29, 0.717) is 5.75 Å². The fourth-order valence-corrected chi connectivity index (χ4v) is 2.82. The maximum Gasteiger partial charge on any atom is 0.126 e. The fraction of sp³-hybridized carbons (Fsp3) is 0.400. The van der Waals surface area contributed by atoms with Gasteiger partial charge in [-0.3, -0.25) is 0 Å². The summed E-state index contributed by atoms with van der Waals surface area (Å²) < 4.78 is 0. The lowest BCUT2D eigenvalue weighted by Gasteiger charge is -2.13. The summed E-state index contributed by atoms with van der Waals surface area (Å²) >= 11 is 5.98. The van der Waals surface area contributed by atoms with Gasteiger partial charge in [-0.1, -0.05) is 56.5 Å². The maximum absolute atomic E-state index is 10.7. The van der Waals surface area contributed by atoms with E-state index in [-0.39, 0.29) is 0 Å². The summed E-state index contributed by atoms with van der Waals surface area (Å²) in [5.41, 5.74) is 4.34. The van der Waals surface area contributed by atoms with Gasteiger partial charge in [0.2, 0.25) is 0 Å². The van der Waals surface area contributed by atoms with Crippen molar-refractivity contribution in [3.05, 3.63) is 52.5 Å². The number of rotatable bonds is 7. The Kier molecular flexibility index (Phi) is 6.33. The Hall–Kier alpha value is -1.47. The van der Waals surface area contributed by atoms with Crippen LogP contribution in [-0.4, -0.2) is 5.11 Å². The minimum Gasteiger partial charge on any atom is -0.507 e. The van der Waals surface area contributed by atoms with Crippen molar-refractivity contribution in [1.29, 1.82) is 0 Å². The molecule has 0 fully saturated rings. The molecule has 0 saturated heterocycles. The normalized spacial score (nSPS) is 10.9. The van der Waals surface area contributed by atoms with Crippen LogP contribution in [0.1, 0.15) is 50.7 Å². The number of phenols is 1. The molecule has 0 bridgehead atoms. The molecule has 0 heterocycles. The largest absolute Gasteiger partial charge is 0.507 e. The first-order chi connectivity index (χ1) is 10.7. The van der Waals surface area contributed by atoms with Gasteiger partial charge in [-0.2, -0.15) is 0 Å². The molecule has 0 aromatic heterocycles. The lowest BCUT2D eigenvalue weighted by Crippen LogP contribution is -1.94. The predicted molar refractivity (Wildman–Crippen MR) is 95.8 cm³/mol. The standard InChI is InChI=1S/C20H25ClO/c1-3-5-7-15-13-17(8-6-4-2)20(22)19(14-15)16-9-11-18(21)12-10-16/h9-14,22H,3-8H2,1-2H3. The Morgan fingerprint density at radius 2 is 1.55 bits per heavy atom. The molecule has 0 aliphatic rings. The molecule has 0 saturated carbocycles. The van der Waals surface area contributed by atoms with Gasteiger partial charge in [0.15, 0.2) is 0 Å². The quantitative estimate of drug-likeness (QED) is 0.626. The van der Waals surface area contributed by atoms with Gasteiger partial charge >= 0.3 is 0 Å². The van der Waals surface area contributed by atoms with Crippen molar-refractivity contribution in [3.8, 4) is 16.9 Å². The minimum atomic E-state index is 0.427. The molecule has 0 radical (unpaired) electrons. The summed E-state index contributed by atoms with van der Waals surface area (Å²) in [6.07, 6.45) is 6.60. The third-order valence-corrected chi connectivity index (χ3v) is 4.27. The minimum absolute atomic E-state index is 0.427. The highest BCUT2D eigenvalue weighted by molar-refractivity contribution is 6.30. The molecule has 2 heteroatoms. The molecule has 2 rings (SSSR count). The Balaban J connectivity index is 2.43. The highest BCUT2D eigenvalue weighted by Crippen LogP contribution is 2.35. The number of benzene rings is 2. The number of phenolic OH excluding ortho intramolecular Hbond substituents is 1. The summed E-state index contributed by atoms with van der Waals surface area (Å²) in [6.45, 7) is 4.39. The van der Waals surface area contributed by atoms with Crippen LogP contribution in [0.25, 0.3) is 11.1 Å². The molecule has 0 amide bonds. The van der Waals surface area contributed by atoms with Crippen LogP contribution in [0.4, 0.5) is 0 Å². The molecule has 0 aliphatic carbocycles. The monoisotopic (exact) mass is 316 g/mol. The molecule has 2 aromatic rings. The van der Waals surface area contributed by atoms with Crippen molar-refractivity contribution >= 4 is 11.6 Å². The van der Waals surface area contributed by atoms with Crippen LogP contribution in [0.5, 0.6) is 5.75 Å². The third kappa shape index (κ3) is 4.27. The van der Waals surface area contributed by atoms with Crippen molar-refractivity contribution < 1.29 is 5.11 Å². The molecule has 22 heavy (non-hydrogen) atoms. The first-order valence-corrected chi connectivity index (χ1v) is 8.64. The maximum atomic E-state index is 10.7. The molecule has 2 aromatic carbocycles.